The van der Waals surface area contributed by atoms with Crippen LogP contribution < -0.4 is 0 Å². The van der Waals surface area contributed by atoms with Gasteiger partial charge in [0.25, 0.3) is 0 Å². The summed E-state index contributed by atoms with van der Waals surface area (Å²) in [5, 5.41) is 1.19. The van der Waals surface area contributed by atoms with Crippen molar-refractivity contribution in [2.45, 2.75) is 19.9 Å². The van der Waals surface area contributed by atoms with Crippen LogP contribution in [0, 0.1) is 11.8 Å². The van der Waals surface area contributed by atoms with Crippen LogP contribution in [0.1, 0.15) is 19.0 Å². The van der Waals surface area contributed by atoms with Crippen molar-refractivity contribution in [2.75, 3.05) is 26.2 Å². The van der Waals surface area contributed by atoms with Gasteiger partial charge >= 0.3 is 0 Å². The Morgan fingerprint density at radius 1 is 1.13 bits per heavy atom. The molecular formula is C19H23N3O. The number of nitrogens with zero attached hydrogens (tertiary/aromatic N) is 3. The maximum absolute atomic E-state index is 12.3. The van der Waals surface area contributed by atoms with E-state index < -0.39 is 0 Å². The summed E-state index contributed by atoms with van der Waals surface area (Å²) in [6.45, 7) is 6.64. The van der Waals surface area contributed by atoms with Crippen molar-refractivity contribution < 1.29 is 4.79 Å². The summed E-state index contributed by atoms with van der Waals surface area (Å²) in [5.41, 5.74) is 2.17. The first kappa shape index (κ1) is 14.6. The first-order chi connectivity index (χ1) is 11.2. The quantitative estimate of drug-likeness (QED) is 0.874. The molecule has 0 radical (unpaired) electrons. The van der Waals surface area contributed by atoms with Crippen LogP contribution >= 0.6 is 0 Å². The molecule has 2 fully saturated rings. The molecule has 2 aromatic rings. The molecule has 2 atom stereocenters. The molecular weight excluding hydrogens is 286 g/mol. The Kier molecular flexibility index (Phi) is 3.77. The van der Waals surface area contributed by atoms with Gasteiger partial charge in [0.05, 0.1) is 11.2 Å². The van der Waals surface area contributed by atoms with E-state index >= 15 is 0 Å². The Bertz CT molecular complexity index is 721. The van der Waals surface area contributed by atoms with Crippen LogP contribution in [-0.4, -0.2) is 46.9 Å². The number of carbonyl (C=O) groups is 1. The number of amides is 1. The van der Waals surface area contributed by atoms with Gasteiger partial charge in [-0.3, -0.25) is 14.7 Å². The molecule has 4 heteroatoms. The number of fused-ring (bicyclic) bond motifs is 1. The molecule has 0 unspecified atom stereocenters. The van der Waals surface area contributed by atoms with Crippen LogP contribution in [0.2, 0.25) is 0 Å². The van der Waals surface area contributed by atoms with Gasteiger partial charge in [-0.05, 0) is 24.5 Å². The molecule has 0 spiro atoms. The third kappa shape index (κ3) is 3.08. The minimum absolute atomic E-state index is 0.309. The van der Waals surface area contributed by atoms with E-state index in [2.05, 4.69) is 41.0 Å². The number of benzene rings is 1. The second-order valence-electron chi connectivity index (χ2n) is 6.92. The number of pyridine rings is 1. The van der Waals surface area contributed by atoms with Gasteiger partial charge in [-0.2, -0.15) is 0 Å². The fraction of sp³-hybridized carbons (Fsp3) is 0.474. The van der Waals surface area contributed by atoms with Crippen LogP contribution in [0.25, 0.3) is 10.9 Å². The fourth-order valence-electron chi connectivity index (χ4n) is 3.45. The highest BCUT2D eigenvalue weighted by atomic mass is 16.2. The molecule has 23 heavy (non-hydrogen) atoms. The lowest BCUT2D eigenvalue weighted by molar-refractivity contribution is -0.134. The van der Waals surface area contributed by atoms with Gasteiger partial charge in [0.1, 0.15) is 0 Å². The van der Waals surface area contributed by atoms with Gasteiger partial charge in [0.2, 0.25) is 5.91 Å². The van der Waals surface area contributed by atoms with Gasteiger partial charge in [-0.25, -0.2) is 0 Å². The molecule has 1 saturated carbocycles. The molecule has 1 aliphatic heterocycles. The summed E-state index contributed by atoms with van der Waals surface area (Å²) >= 11 is 0. The van der Waals surface area contributed by atoms with E-state index in [4.69, 9.17) is 4.98 Å². The number of rotatable bonds is 3. The molecule has 2 heterocycles. The SMILES string of the molecule is C[C@@H]1C[C@H]1C(=O)N1CCN(Cc2ccc3ccccc3n2)CC1. The Hall–Kier alpha value is -1.94. The predicted octanol–water partition coefficient (Wildman–Crippen LogP) is 2.54. The number of aromatic nitrogens is 1. The summed E-state index contributed by atoms with van der Waals surface area (Å²) in [6, 6.07) is 12.5. The van der Waals surface area contributed by atoms with E-state index in [9.17, 15) is 4.79 Å². The molecule has 0 N–H and O–H groups in total. The molecule has 120 valence electrons. The third-order valence-corrected chi connectivity index (χ3v) is 5.15. The summed E-state index contributed by atoms with van der Waals surface area (Å²) < 4.78 is 0. The molecule has 1 saturated heterocycles. The maximum Gasteiger partial charge on any atom is 0.226 e. The molecule has 1 amide bonds. The summed E-state index contributed by atoms with van der Waals surface area (Å²) in [7, 11) is 0. The third-order valence-electron chi connectivity index (χ3n) is 5.15. The van der Waals surface area contributed by atoms with Crippen molar-refractivity contribution in [2.24, 2.45) is 11.8 Å². The lowest BCUT2D eigenvalue weighted by Crippen LogP contribution is -2.48. The van der Waals surface area contributed by atoms with Crippen molar-refractivity contribution in [1.29, 1.82) is 0 Å². The molecule has 1 aliphatic carbocycles. The second kappa shape index (κ2) is 5.93. The van der Waals surface area contributed by atoms with Crippen molar-refractivity contribution in [3.05, 3.63) is 42.1 Å². The monoisotopic (exact) mass is 309 g/mol. The zero-order valence-electron chi connectivity index (χ0n) is 13.6. The zero-order chi connectivity index (χ0) is 15.8. The highest BCUT2D eigenvalue weighted by Gasteiger charge is 2.41. The number of piperazine rings is 1. The molecule has 4 rings (SSSR count). The van der Waals surface area contributed by atoms with Crippen molar-refractivity contribution in [1.82, 2.24) is 14.8 Å². The Morgan fingerprint density at radius 2 is 1.87 bits per heavy atom. The fourth-order valence-corrected chi connectivity index (χ4v) is 3.45. The van der Waals surface area contributed by atoms with Crippen molar-refractivity contribution in [3.8, 4) is 0 Å². The second-order valence-corrected chi connectivity index (χ2v) is 6.92. The Morgan fingerprint density at radius 3 is 2.61 bits per heavy atom. The highest BCUT2D eigenvalue weighted by Crippen LogP contribution is 2.39. The molecule has 4 nitrogen and oxygen atoms in total. The Balaban J connectivity index is 1.36. The normalized spacial score (nSPS) is 24.8. The van der Waals surface area contributed by atoms with E-state index in [1.54, 1.807) is 0 Å². The molecule has 2 aliphatic rings. The average molecular weight is 309 g/mol. The topological polar surface area (TPSA) is 36.4 Å². The van der Waals surface area contributed by atoms with Gasteiger partial charge in [-0.15, -0.1) is 0 Å². The van der Waals surface area contributed by atoms with Crippen LogP contribution in [0.4, 0.5) is 0 Å². The van der Waals surface area contributed by atoms with Gasteiger partial charge in [0, 0.05) is 44.0 Å². The van der Waals surface area contributed by atoms with E-state index in [0.29, 0.717) is 17.7 Å². The van der Waals surface area contributed by atoms with Gasteiger partial charge in [0.15, 0.2) is 0 Å². The number of para-hydroxylation sites is 1. The minimum atomic E-state index is 0.309. The molecule has 1 aromatic carbocycles. The van der Waals surface area contributed by atoms with Crippen LogP contribution in [0.15, 0.2) is 36.4 Å². The van der Waals surface area contributed by atoms with Crippen molar-refractivity contribution >= 4 is 16.8 Å². The Labute approximate surface area is 137 Å². The van der Waals surface area contributed by atoms with Crippen LogP contribution in [-0.2, 0) is 11.3 Å². The maximum atomic E-state index is 12.3. The lowest BCUT2D eigenvalue weighted by atomic mass is 10.2. The summed E-state index contributed by atoms with van der Waals surface area (Å²) in [4.78, 5) is 21.5. The average Bonchev–Trinajstić information content (AvgIpc) is 3.32. The summed E-state index contributed by atoms with van der Waals surface area (Å²) in [6.07, 6.45) is 1.08. The van der Waals surface area contributed by atoms with E-state index in [1.165, 1.54) is 5.39 Å². The summed E-state index contributed by atoms with van der Waals surface area (Å²) in [5.74, 6) is 1.28. The minimum Gasteiger partial charge on any atom is -0.340 e. The smallest absolute Gasteiger partial charge is 0.226 e. The van der Waals surface area contributed by atoms with Crippen LogP contribution in [0.5, 0.6) is 0 Å². The zero-order valence-corrected chi connectivity index (χ0v) is 13.6. The van der Waals surface area contributed by atoms with Gasteiger partial charge in [-0.1, -0.05) is 31.2 Å². The van der Waals surface area contributed by atoms with E-state index in [1.807, 2.05) is 12.1 Å². The number of hydrogen-bond acceptors (Lipinski definition) is 3. The molecule has 0 bridgehead atoms. The number of hydrogen-bond donors (Lipinski definition) is 0. The molecule has 1 aromatic heterocycles. The van der Waals surface area contributed by atoms with Crippen molar-refractivity contribution in [3.63, 3.8) is 0 Å². The first-order valence-electron chi connectivity index (χ1n) is 8.56. The largest absolute Gasteiger partial charge is 0.340 e. The van der Waals surface area contributed by atoms with E-state index in [0.717, 1.165) is 50.4 Å². The number of carbonyl (C=O) groups excluding carboxylic acids is 1. The van der Waals surface area contributed by atoms with Gasteiger partial charge < -0.3 is 4.90 Å². The predicted molar refractivity (Wildman–Crippen MR) is 90.9 cm³/mol. The standard InChI is InChI=1S/C19H23N3O/c1-14-12-17(14)19(23)22-10-8-21(9-11-22)13-16-7-6-15-4-2-3-5-18(15)20-16/h2-7,14,17H,8-13H2,1H3/t14-,17-/m1/s1. The lowest BCUT2D eigenvalue weighted by Gasteiger charge is -2.34. The highest BCUT2D eigenvalue weighted by molar-refractivity contribution is 5.81. The van der Waals surface area contributed by atoms with E-state index in [-0.39, 0.29) is 0 Å². The van der Waals surface area contributed by atoms with Crippen LogP contribution in [0.3, 0.4) is 0 Å². The first-order valence-corrected chi connectivity index (χ1v) is 8.56.